The number of hydrogen-bond donors (Lipinski definition) is 1. The van der Waals surface area contributed by atoms with Crippen LogP contribution >= 0.6 is 0 Å². The van der Waals surface area contributed by atoms with E-state index < -0.39 is 18.0 Å². The third-order valence-corrected chi connectivity index (χ3v) is 4.55. The van der Waals surface area contributed by atoms with E-state index in [1.54, 1.807) is 12.1 Å². The van der Waals surface area contributed by atoms with Crippen LogP contribution in [0.2, 0.25) is 0 Å². The standard InChI is InChI=1S/C18H21F2N3O/c1-12-6-2-5-9-15(12)21-18(24)14-11-23(22-16(14)17(19)20)10-13-7-3-4-8-13/h2,5-6,9,11,13,17H,3-4,7-8,10H2,1H3,(H,21,24). The van der Waals surface area contributed by atoms with Crippen LogP contribution in [-0.2, 0) is 6.54 Å². The minimum absolute atomic E-state index is 0.0498. The molecule has 1 N–H and O–H groups in total. The number of anilines is 1. The number of rotatable bonds is 5. The maximum atomic E-state index is 13.3. The first-order valence-electron chi connectivity index (χ1n) is 8.27. The molecule has 4 nitrogen and oxygen atoms in total. The summed E-state index contributed by atoms with van der Waals surface area (Å²) in [6, 6.07) is 7.25. The van der Waals surface area contributed by atoms with Gasteiger partial charge in [0.05, 0.1) is 5.56 Å². The lowest BCUT2D eigenvalue weighted by Gasteiger charge is -2.08. The molecular weight excluding hydrogens is 312 g/mol. The second-order valence-electron chi connectivity index (χ2n) is 6.37. The minimum Gasteiger partial charge on any atom is -0.322 e. The van der Waals surface area contributed by atoms with Gasteiger partial charge in [0.2, 0.25) is 0 Å². The Morgan fingerprint density at radius 2 is 2.04 bits per heavy atom. The number of alkyl halides is 2. The molecule has 0 saturated heterocycles. The molecule has 1 saturated carbocycles. The summed E-state index contributed by atoms with van der Waals surface area (Å²) in [7, 11) is 0. The van der Waals surface area contributed by atoms with Gasteiger partial charge in [0.25, 0.3) is 12.3 Å². The number of para-hydroxylation sites is 1. The first-order chi connectivity index (χ1) is 11.5. The Bertz CT molecular complexity index is 721. The van der Waals surface area contributed by atoms with Gasteiger partial charge in [0, 0.05) is 18.4 Å². The minimum atomic E-state index is -2.77. The molecule has 3 rings (SSSR count). The Labute approximate surface area is 139 Å². The van der Waals surface area contributed by atoms with Gasteiger partial charge in [-0.3, -0.25) is 9.48 Å². The van der Waals surface area contributed by atoms with Crippen LogP contribution in [0.5, 0.6) is 0 Å². The molecule has 1 fully saturated rings. The molecule has 24 heavy (non-hydrogen) atoms. The normalized spacial score (nSPS) is 15.2. The number of aryl methyl sites for hydroxylation is 1. The van der Waals surface area contributed by atoms with Gasteiger partial charge in [-0.25, -0.2) is 8.78 Å². The lowest BCUT2D eigenvalue weighted by Crippen LogP contribution is -2.14. The van der Waals surface area contributed by atoms with Crippen molar-refractivity contribution in [3.05, 3.63) is 47.3 Å². The zero-order valence-corrected chi connectivity index (χ0v) is 13.6. The molecule has 0 atom stereocenters. The van der Waals surface area contributed by atoms with Crippen molar-refractivity contribution in [2.45, 2.75) is 45.6 Å². The number of nitrogens with one attached hydrogen (secondary N) is 1. The predicted octanol–water partition coefficient (Wildman–Crippen LogP) is 4.57. The van der Waals surface area contributed by atoms with Crippen LogP contribution in [0.15, 0.2) is 30.5 Å². The van der Waals surface area contributed by atoms with Gasteiger partial charge in [0.15, 0.2) is 0 Å². The maximum absolute atomic E-state index is 13.3. The molecular formula is C18H21F2N3O. The SMILES string of the molecule is Cc1ccccc1NC(=O)c1cn(CC2CCCC2)nc1C(F)F. The van der Waals surface area contributed by atoms with Crippen molar-refractivity contribution in [1.82, 2.24) is 9.78 Å². The number of amides is 1. The summed E-state index contributed by atoms with van der Waals surface area (Å²) in [5.41, 5.74) is 0.999. The van der Waals surface area contributed by atoms with Gasteiger partial charge in [-0.2, -0.15) is 5.10 Å². The molecule has 1 aliphatic rings. The summed E-state index contributed by atoms with van der Waals surface area (Å²) in [4.78, 5) is 12.4. The smallest absolute Gasteiger partial charge is 0.282 e. The third-order valence-electron chi connectivity index (χ3n) is 4.55. The van der Waals surface area contributed by atoms with Gasteiger partial charge >= 0.3 is 0 Å². The molecule has 6 heteroatoms. The Morgan fingerprint density at radius 3 is 2.71 bits per heavy atom. The first-order valence-corrected chi connectivity index (χ1v) is 8.27. The van der Waals surface area contributed by atoms with Crippen molar-refractivity contribution in [1.29, 1.82) is 0 Å². The van der Waals surface area contributed by atoms with Crippen molar-refractivity contribution in [3.8, 4) is 0 Å². The van der Waals surface area contributed by atoms with E-state index >= 15 is 0 Å². The monoisotopic (exact) mass is 333 g/mol. The van der Waals surface area contributed by atoms with E-state index in [1.807, 2.05) is 19.1 Å². The molecule has 1 aromatic carbocycles. The fourth-order valence-corrected chi connectivity index (χ4v) is 3.23. The van der Waals surface area contributed by atoms with Gasteiger partial charge in [0.1, 0.15) is 5.69 Å². The van der Waals surface area contributed by atoms with Crippen molar-refractivity contribution in [2.75, 3.05) is 5.32 Å². The summed E-state index contributed by atoms with van der Waals surface area (Å²) < 4.78 is 28.1. The molecule has 1 amide bonds. The number of carbonyl (C=O) groups excluding carboxylic acids is 1. The van der Waals surface area contributed by atoms with E-state index in [4.69, 9.17) is 0 Å². The number of halogens is 2. The highest BCUT2D eigenvalue weighted by atomic mass is 19.3. The van der Waals surface area contributed by atoms with Crippen LogP contribution < -0.4 is 5.32 Å². The first kappa shape index (κ1) is 16.6. The second-order valence-corrected chi connectivity index (χ2v) is 6.37. The number of benzene rings is 1. The van der Waals surface area contributed by atoms with Crippen molar-refractivity contribution in [3.63, 3.8) is 0 Å². The molecule has 1 heterocycles. The van der Waals surface area contributed by atoms with E-state index in [2.05, 4.69) is 10.4 Å². The van der Waals surface area contributed by atoms with Crippen LogP contribution in [0.1, 0.15) is 53.7 Å². The van der Waals surface area contributed by atoms with Gasteiger partial charge in [-0.05, 0) is 37.3 Å². The van der Waals surface area contributed by atoms with Crippen molar-refractivity contribution < 1.29 is 13.6 Å². The Morgan fingerprint density at radius 1 is 1.33 bits per heavy atom. The highest BCUT2D eigenvalue weighted by molar-refractivity contribution is 6.05. The summed E-state index contributed by atoms with van der Waals surface area (Å²) >= 11 is 0. The molecule has 0 aliphatic heterocycles. The molecule has 0 unspecified atom stereocenters. The van der Waals surface area contributed by atoms with Gasteiger partial charge < -0.3 is 5.32 Å². The molecule has 128 valence electrons. The number of nitrogens with zero attached hydrogens (tertiary/aromatic N) is 2. The largest absolute Gasteiger partial charge is 0.322 e. The molecule has 0 bridgehead atoms. The molecule has 0 spiro atoms. The average molecular weight is 333 g/mol. The van der Waals surface area contributed by atoms with Crippen LogP contribution in [0, 0.1) is 12.8 Å². The average Bonchev–Trinajstić information content (AvgIpc) is 3.19. The van der Waals surface area contributed by atoms with E-state index in [-0.39, 0.29) is 5.56 Å². The number of aromatic nitrogens is 2. The van der Waals surface area contributed by atoms with E-state index in [1.165, 1.54) is 23.7 Å². The highest BCUT2D eigenvalue weighted by Gasteiger charge is 2.25. The molecule has 0 radical (unpaired) electrons. The van der Waals surface area contributed by atoms with Gasteiger partial charge in [-0.1, -0.05) is 31.0 Å². The lowest BCUT2D eigenvalue weighted by molar-refractivity contribution is 0.101. The summed E-state index contributed by atoms with van der Waals surface area (Å²) in [6.45, 7) is 2.45. The Balaban J connectivity index is 1.81. The van der Waals surface area contributed by atoms with E-state index in [9.17, 15) is 13.6 Å². The Hall–Kier alpha value is -2.24. The van der Waals surface area contributed by atoms with Crippen LogP contribution in [0.3, 0.4) is 0 Å². The van der Waals surface area contributed by atoms with Crippen molar-refractivity contribution in [2.24, 2.45) is 5.92 Å². The number of carbonyl (C=O) groups is 1. The summed E-state index contributed by atoms with van der Waals surface area (Å²) in [6.07, 6.45) is 3.21. The highest BCUT2D eigenvalue weighted by Crippen LogP contribution is 2.28. The Kier molecular flexibility index (Phi) is 4.92. The van der Waals surface area contributed by atoms with Gasteiger partial charge in [-0.15, -0.1) is 0 Å². The van der Waals surface area contributed by atoms with Crippen LogP contribution in [0.25, 0.3) is 0 Å². The van der Waals surface area contributed by atoms with E-state index in [0.29, 0.717) is 18.2 Å². The lowest BCUT2D eigenvalue weighted by atomic mass is 10.1. The zero-order chi connectivity index (χ0) is 17.1. The molecule has 1 aliphatic carbocycles. The second kappa shape index (κ2) is 7.11. The molecule has 2 aromatic rings. The van der Waals surface area contributed by atoms with Crippen LogP contribution in [-0.4, -0.2) is 15.7 Å². The predicted molar refractivity (Wildman–Crippen MR) is 88.3 cm³/mol. The number of hydrogen-bond acceptors (Lipinski definition) is 2. The fraction of sp³-hybridized carbons (Fsp3) is 0.444. The summed E-state index contributed by atoms with van der Waals surface area (Å²) in [5.74, 6) is -0.0834. The summed E-state index contributed by atoms with van der Waals surface area (Å²) in [5, 5.41) is 6.67. The fourth-order valence-electron chi connectivity index (χ4n) is 3.23. The quantitative estimate of drug-likeness (QED) is 0.871. The van der Waals surface area contributed by atoms with Crippen molar-refractivity contribution >= 4 is 11.6 Å². The van der Waals surface area contributed by atoms with E-state index in [0.717, 1.165) is 18.4 Å². The topological polar surface area (TPSA) is 46.9 Å². The zero-order valence-electron chi connectivity index (χ0n) is 13.6. The molecule has 1 aromatic heterocycles. The maximum Gasteiger partial charge on any atom is 0.282 e. The van der Waals surface area contributed by atoms with Crippen LogP contribution in [0.4, 0.5) is 14.5 Å². The third kappa shape index (κ3) is 3.63.